The zero-order valence-corrected chi connectivity index (χ0v) is 20.2. The van der Waals surface area contributed by atoms with Crippen molar-refractivity contribution in [3.63, 3.8) is 0 Å². The van der Waals surface area contributed by atoms with Gasteiger partial charge in [-0.3, -0.25) is 19.6 Å². The van der Waals surface area contributed by atoms with Crippen molar-refractivity contribution in [3.05, 3.63) is 115 Å². The molecule has 36 heavy (non-hydrogen) atoms. The Morgan fingerprint density at radius 2 is 1.81 bits per heavy atom. The maximum atomic E-state index is 13.4. The third-order valence-corrected chi connectivity index (χ3v) is 6.54. The number of benzene rings is 2. The number of hydrogen-bond donors (Lipinski definition) is 1. The van der Waals surface area contributed by atoms with Crippen LogP contribution < -0.4 is 10.4 Å². The minimum atomic E-state index is -0.439. The van der Waals surface area contributed by atoms with E-state index in [-0.39, 0.29) is 11.2 Å². The summed E-state index contributed by atoms with van der Waals surface area (Å²) < 4.78 is 4.98. The van der Waals surface area contributed by atoms with E-state index >= 15 is 0 Å². The predicted molar refractivity (Wildman–Crippen MR) is 139 cm³/mol. The van der Waals surface area contributed by atoms with Crippen LogP contribution in [0.3, 0.4) is 0 Å². The van der Waals surface area contributed by atoms with Gasteiger partial charge >= 0.3 is 0 Å². The van der Waals surface area contributed by atoms with Crippen molar-refractivity contribution in [1.82, 2.24) is 19.0 Å². The monoisotopic (exact) mass is 499 g/mol. The van der Waals surface area contributed by atoms with Gasteiger partial charge < -0.3 is 4.98 Å². The Bertz CT molecular complexity index is 1690. The SMILES string of the molecule is Cc1c(N=c2scc(-c3ccc([N+](=O)[O-])cc3)n2N=Cc2ccc[nH]2)c(=O)n(-c2ccccc2)n1C. The summed E-state index contributed by atoms with van der Waals surface area (Å²) in [6.45, 7) is 1.84. The Morgan fingerprint density at radius 1 is 1.06 bits per heavy atom. The van der Waals surface area contributed by atoms with E-state index in [1.165, 1.54) is 23.5 Å². The van der Waals surface area contributed by atoms with Crippen LogP contribution in [-0.4, -0.2) is 30.2 Å². The van der Waals surface area contributed by atoms with Crippen molar-refractivity contribution in [3.8, 4) is 16.9 Å². The first-order valence-electron chi connectivity index (χ1n) is 11.0. The van der Waals surface area contributed by atoms with Crippen LogP contribution in [0.5, 0.6) is 0 Å². The Labute approximate surface area is 208 Å². The molecule has 180 valence electrons. The fourth-order valence-corrected chi connectivity index (χ4v) is 4.61. The number of rotatable bonds is 6. The summed E-state index contributed by atoms with van der Waals surface area (Å²) in [6.07, 6.45) is 3.45. The van der Waals surface area contributed by atoms with E-state index in [0.717, 1.165) is 16.9 Å². The topological polar surface area (TPSA) is 116 Å². The number of nitrogens with zero attached hydrogens (tertiary/aromatic N) is 6. The van der Waals surface area contributed by atoms with Gasteiger partial charge in [0, 0.05) is 36.3 Å². The van der Waals surface area contributed by atoms with Crippen LogP contribution in [0.15, 0.2) is 93.2 Å². The van der Waals surface area contributed by atoms with Crippen molar-refractivity contribution >= 4 is 28.9 Å². The number of aromatic nitrogens is 4. The number of non-ortho nitro benzene ring substituents is 1. The molecule has 0 aliphatic rings. The zero-order chi connectivity index (χ0) is 25.2. The molecule has 11 heteroatoms. The smallest absolute Gasteiger partial charge is 0.297 e. The van der Waals surface area contributed by atoms with Crippen molar-refractivity contribution in [2.45, 2.75) is 6.92 Å². The summed E-state index contributed by atoms with van der Waals surface area (Å²) in [6, 6.07) is 19.3. The fourth-order valence-electron chi connectivity index (χ4n) is 3.76. The number of hydrogen-bond acceptors (Lipinski definition) is 6. The molecular formula is C25H21N7O3S. The van der Waals surface area contributed by atoms with Crippen molar-refractivity contribution in [2.75, 3.05) is 0 Å². The lowest BCUT2D eigenvalue weighted by atomic mass is 10.1. The largest absolute Gasteiger partial charge is 0.360 e. The fraction of sp³-hybridized carbons (Fsp3) is 0.0800. The average Bonchev–Trinajstić information content (AvgIpc) is 3.60. The van der Waals surface area contributed by atoms with Gasteiger partial charge in [0.15, 0.2) is 5.69 Å². The maximum absolute atomic E-state index is 13.4. The minimum absolute atomic E-state index is 0.00157. The number of H-pyrrole nitrogens is 1. The number of nitro benzene ring substituents is 1. The van der Waals surface area contributed by atoms with E-state index in [0.29, 0.717) is 21.9 Å². The van der Waals surface area contributed by atoms with E-state index in [4.69, 9.17) is 4.99 Å². The highest BCUT2D eigenvalue weighted by Crippen LogP contribution is 2.24. The summed E-state index contributed by atoms with van der Waals surface area (Å²) in [7, 11) is 1.82. The van der Waals surface area contributed by atoms with Crippen LogP contribution >= 0.6 is 11.3 Å². The predicted octanol–water partition coefficient (Wildman–Crippen LogP) is 4.37. The molecule has 3 heterocycles. The molecule has 3 aromatic heterocycles. The van der Waals surface area contributed by atoms with Gasteiger partial charge in [-0.05, 0) is 43.3 Å². The molecule has 0 atom stereocenters. The Kier molecular flexibility index (Phi) is 6.05. The quantitative estimate of drug-likeness (QED) is 0.212. The van der Waals surface area contributed by atoms with Crippen LogP contribution in [0.4, 0.5) is 11.4 Å². The summed E-state index contributed by atoms with van der Waals surface area (Å²) in [4.78, 5) is 32.3. The molecule has 0 saturated heterocycles. The van der Waals surface area contributed by atoms with Crippen LogP contribution in [0.1, 0.15) is 11.4 Å². The van der Waals surface area contributed by atoms with Gasteiger partial charge in [-0.1, -0.05) is 18.2 Å². The van der Waals surface area contributed by atoms with E-state index in [9.17, 15) is 14.9 Å². The van der Waals surface area contributed by atoms with Gasteiger partial charge in [0.2, 0.25) is 4.80 Å². The maximum Gasteiger partial charge on any atom is 0.297 e. The Balaban J connectivity index is 1.68. The van der Waals surface area contributed by atoms with E-state index < -0.39 is 4.92 Å². The van der Waals surface area contributed by atoms with Gasteiger partial charge in [0.05, 0.1) is 33.9 Å². The molecule has 2 aromatic carbocycles. The lowest BCUT2D eigenvalue weighted by Crippen LogP contribution is -2.19. The molecule has 0 aliphatic carbocycles. The van der Waals surface area contributed by atoms with Crippen LogP contribution in [0, 0.1) is 17.0 Å². The van der Waals surface area contributed by atoms with E-state index in [1.807, 2.05) is 61.8 Å². The van der Waals surface area contributed by atoms with Gasteiger partial charge in [-0.2, -0.15) is 5.10 Å². The Hall–Kier alpha value is -4.77. The van der Waals surface area contributed by atoms with Crippen molar-refractivity contribution in [1.29, 1.82) is 0 Å². The first kappa shape index (κ1) is 23.0. The highest BCUT2D eigenvalue weighted by molar-refractivity contribution is 7.07. The van der Waals surface area contributed by atoms with Gasteiger partial charge in [-0.25, -0.2) is 14.4 Å². The number of nitro groups is 1. The molecule has 0 fully saturated rings. The molecule has 0 spiro atoms. The lowest BCUT2D eigenvalue weighted by molar-refractivity contribution is -0.384. The van der Waals surface area contributed by atoms with Gasteiger partial charge in [0.1, 0.15) is 0 Å². The van der Waals surface area contributed by atoms with Crippen LogP contribution in [0.2, 0.25) is 0 Å². The summed E-state index contributed by atoms with van der Waals surface area (Å²) in [5.41, 5.74) is 3.72. The molecular weight excluding hydrogens is 478 g/mol. The molecule has 0 amide bonds. The minimum Gasteiger partial charge on any atom is -0.360 e. The number of thiazole rings is 1. The van der Waals surface area contributed by atoms with E-state index in [2.05, 4.69) is 10.1 Å². The lowest BCUT2D eigenvalue weighted by Gasteiger charge is -2.07. The highest BCUT2D eigenvalue weighted by Gasteiger charge is 2.17. The standard InChI is InChI=1S/C25H21N7O3S/c1-17-23(24(33)31(29(17)2)20-8-4-3-5-9-20)28-25-30(27-15-19-7-6-14-26-19)22(16-36-25)18-10-12-21(13-11-18)32(34)35/h3-16,26H,1-2H3. The summed E-state index contributed by atoms with van der Waals surface area (Å²) >= 11 is 1.32. The van der Waals surface area contributed by atoms with Crippen LogP contribution in [0.25, 0.3) is 16.9 Å². The van der Waals surface area contributed by atoms with Crippen molar-refractivity contribution < 1.29 is 4.92 Å². The average molecular weight is 500 g/mol. The summed E-state index contributed by atoms with van der Waals surface area (Å²) in [5.74, 6) is 0. The molecule has 0 saturated carbocycles. The highest BCUT2D eigenvalue weighted by atomic mass is 32.1. The third kappa shape index (κ3) is 4.23. The molecule has 0 aliphatic heterocycles. The zero-order valence-electron chi connectivity index (χ0n) is 19.4. The van der Waals surface area contributed by atoms with E-state index in [1.54, 1.807) is 38.6 Å². The third-order valence-electron chi connectivity index (χ3n) is 5.72. The molecule has 5 rings (SSSR count). The first-order chi connectivity index (χ1) is 17.4. The number of aromatic amines is 1. The number of nitrogens with one attached hydrogen (secondary N) is 1. The molecule has 0 bridgehead atoms. The Morgan fingerprint density at radius 3 is 2.47 bits per heavy atom. The molecule has 0 unspecified atom stereocenters. The molecule has 5 aromatic rings. The second kappa shape index (κ2) is 9.47. The van der Waals surface area contributed by atoms with Crippen molar-refractivity contribution in [2.24, 2.45) is 17.1 Å². The van der Waals surface area contributed by atoms with Gasteiger partial charge in [0.25, 0.3) is 11.2 Å². The normalized spacial score (nSPS) is 12.0. The molecule has 1 N–H and O–H groups in total. The van der Waals surface area contributed by atoms with Crippen LogP contribution in [-0.2, 0) is 7.05 Å². The second-order valence-electron chi connectivity index (χ2n) is 7.91. The van der Waals surface area contributed by atoms with Gasteiger partial charge in [-0.15, -0.1) is 11.3 Å². The summed E-state index contributed by atoms with van der Waals surface area (Å²) in [5, 5.41) is 17.6. The first-order valence-corrected chi connectivity index (χ1v) is 11.8. The molecule has 0 radical (unpaired) electrons. The second-order valence-corrected chi connectivity index (χ2v) is 8.75. The number of para-hydroxylation sites is 1. The molecule has 10 nitrogen and oxygen atoms in total.